The lowest BCUT2D eigenvalue weighted by molar-refractivity contribution is -0.126. The molecule has 0 aromatic heterocycles. The molecule has 0 amide bonds. The molecule has 1 N–H and O–H groups in total. The highest BCUT2D eigenvalue weighted by atomic mass is 16.5. The second-order valence-corrected chi connectivity index (χ2v) is 0.332. The van der Waals surface area contributed by atoms with Crippen LogP contribution in [-0.2, 0) is 14.3 Å². The van der Waals surface area contributed by atoms with Crippen molar-refractivity contribution < 1.29 is 19.4 Å². The topological polar surface area (TPSA) is 63.6 Å². The van der Waals surface area contributed by atoms with Gasteiger partial charge in [-0.25, -0.2) is 0 Å². The molecule has 0 aliphatic carbocycles. The Hall–Kier alpha value is -0.900. The van der Waals surface area contributed by atoms with E-state index in [4.69, 9.17) is 14.7 Å². The van der Waals surface area contributed by atoms with Crippen molar-refractivity contribution in [2.24, 2.45) is 0 Å². The number of hydrogen-bond acceptors (Lipinski definition) is 4. The first-order chi connectivity index (χ1) is 3.91. The van der Waals surface area contributed by atoms with E-state index in [1.54, 1.807) is 0 Å². The number of ether oxygens (including phenoxy) is 1. The van der Waals surface area contributed by atoms with Gasteiger partial charge in [-0.1, -0.05) is 22.3 Å². The average molecular weight is 170 g/mol. The summed E-state index contributed by atoms with van der Waals surface area (Å²) in [5, 5.41) is 7.00. The monoisotopic (exact) mass is 170 g/mol. The van der Waals surface area contributed by atoms with Crippen molar-refractivity contribution in [3.05, 3.63) is 0 Å². The predicted octanol–water partition coefficient (Wildman–Crippen LogP) is 1.12. The van der Waals surface area contributed by atoms with Gasteiger partial charge < -0.3 is 14.6 Å². The fraction of sp³-hybridized carbons (Fsp3) is 0.714. The van der Waals surface area contributed by atoms with E-state index in [9.17, 15) is 0 Å². The van der Waals surface area contributed by atoms with Crippen molar-refractivity contribution in [2.45, 2.75) is 22.3 Å². The number of rotatable bonds is 1. The Bertz CT molecular complexity index is 31.6. The summed E-state index contributed by atoms with van der Waals surface area (Å²) in [6.45, 7) is 2.38. The third kappa shape index (κ3) is 45900. The summed E-state index contributed by atoms with van der Waals surface area (Å²) in [7, 11) is 2.31. The van der Waals surface area contributed by atoms with Gasteiger partial charge in [-0.3, -0.25) is 4.79 Å². The van der Waals surface area contributed by atoms with Crippen LogP contribution in [0.25, 0.3) is 0 Å². The Balaban J connectivity index is -0.00000000813. The minimum atomic E-state index is 0. The molecule has 0 bridgehead atoms. The number of methoxy groups -OCH3 is 1. The lowest BCUT2D eigenvalue weighted by Gasteiger charge is -1.67. The molecule has 0 fully saturated rings. The highest BCUT2D eigenvalue weighted by molar-refractivity contribution is 5.36. The van der Waals surface area contributed by atoms with Crippen molar-refractivity contribution in [1.82, 2.24) is 0 Å². The Labute approximate surface area is 70.2 Å². The van der Waals surface area contributed by atoms with Gasteiger partial charge in [-0.05, 0) is 0 Å². The third-order valence-electron chi connectivity index (χ3n) is 0.0962. The van der Waals surface area contributed by atoms with Gasteiger partial charge in [-0.15, -0.1) is 0 Å². The molecule has 0 aromatic rings. The van der Waals surface area contributed by atoms with E-state index in [-0.39, 0.29) is 22.3 Å². The highest BCUT2D eigenvalue weighted by Gasteiger charge is 1.44. The summed E-state index contributed by atoms with van der Waals surface area (Å²) in [6.07, 6.45) is 0. The molecular formula is C7H22O4. The van der Waals surface area contributed by atoms with E-state index in [0.717, 1.165) is 7.11 Å². The molecule has 0 aromatic carbocycles. The number of aliphatic hydroxyl groups excluding tert-OH is 1. The molecule has 0 saturated heterocycles. The van der Waals surface area contributed by atoms with Crippen LogP contribution in [0.5, 0.6) is 0 Å². The van der Waals surface area contributed by atoms with Crippen molar-refractivity contribution >= 4 is 13.3 Å². The van der Waals surface area contributed by atoms with Crippen molar-refractivity contribution in [3.63, 3.8) is 0 Å². The summed E-state index contributed by atoms with van der Waals surface area (Å²) >= 11 is 0. The van der Waals surface area contributed by atoms with E-state index in [1.165, 1.54) is 7.11 Å². The Morgan fingerprint density at radius 2 is 1.27 bits per heavy atom. The number of hydrogen-bond donors (Lipinski definition) is 1. The van der Waals surface area contributed by atoms with Crippen LogP contribution in [-0.4, -0.2) is 32.6 Å². The first-order valence-corrected chi connectivity index (χ1v) is 1.62. The third-order valence-corrected chi connectivity index (χ3v) is 0.0962. The molecule has 0 aliphatic heterocycles. The predicted molar refractivity (Wildman–Crippen MR) is 48.5 cm³/mol. The maximum Gasteiger partial charge on any atom is 0.292 e. The van der Waals surface area contributed by atoms with Crippen LogP contribution in [0.2, 0.25) is 0 Å². The Morgan fingerprint density at radius 3 is 1.27 bits per heavy atom. The summed E-state index contributed by atoms with van der Waals surface area (Å²) < 4.78 is 3.86. The zero-order valence-electron chi connectivity index (χ0n) is 4.96. The molecule has 4 heteroatoms. The van der Waals surface area contributed by atoms with Crippen LogP contribution in [0.15, 0.2) is 0 Å². The maximum atomic E-state index is 8.95. The quantitative estimate of drug-likeness (QED) is 0.599. The molecule has 0 spiro atoms. The largest absolute Gasteiger partial charge is 0.471 e. The van der Waals surface area contributed by atoms with Crippen LogP contribution in [0.3, 0.4) is 0 Å². The molecule has 0 radical (unpaired) electrons. The van der Waals surface area contributed by atoms with Crippen molar-refractivity contribution in [1.29, 1.82) is 0 Å². The van der Waals surface area contributed by atoms with Gasteiger partial charge in [-0.2, -0.15) is 0 Å². The van der Waals surface area contributed by atoms with Gasteiger partial charge in [0, 0.05) is 7.11 Å². The van der Waals surface area contributed by atoms with Crippen LogP contribution in [0.4, 0.5) is 0 Å². The van der Waals surface area contributed by atoms with E-state index < -0.39 is 0 Å². The van der Waals surface area contributed by atoms with E-state index in [2.05, 4.69) is 4.74 Å². The lowest BCUT2D eigenvalue weighted by atomic mass is 11.5. The normalized spacial score (nSPS) is 2.82. The molecule has 0 heterocycles. The Morgan fingerprint density at radius 1 is 1.18 bits per heavy atom. The molecule has 0 aliphatic rings. The Kier molecular flexibility index (Phi) is 2230. The second-order valence-electron chi connectivity index (χ2n) is 0.332. The van der Waals surface area contributed by atoms with Gasteiger partial charge in [0.15, 0.2) is 0 Å². The smallest absolute Gasteiger partial charge is 0.292 e. The molecular weight excluding hydrogens is 148 g/mol. The zero-order valence-corrected chi connectivity index (χ0v) is 4.96. The fourth-order valence-corrected chi connectivity index (χ4v) is 0. The van der Waals surface area contributed by atoms with Crippen LogP contribution < -0.4 is 0 Å². The SMILES string of the molecule is C.C.C.C=O.CO.COC=O. The molecule has 0 saturated carbocycles. The van der Waals surface area contributed by atoms with Crippen LogP contribution in [0, 0.1) is 0 Å². The molecule has 0 atom stereocenters. The van der Waals surface area contributed by atoms with Crippen molar-refractivity contribution in [2.75, 3.05) is 14.2 Å². The highest BCUT2D eigenvalue weighted by Crippen LogP contribution is 1.35. The molecule has 0 rings (SSSR count). The minimum Gasteiger partial charge on any atom is -0.471 e. The van der Waals surface area contributed by atoms with E-state index in [0.29, 0.717) is 6.47 Å². The molecule has 0 unspecified atom stereocenters. The minimum absolute atomic E-state index is 0. The van der Waals surface area contributed by atoms with Gasteiger partial charge in [0.2, 0.25) is 0 Å². The number of aliphatic hydroxyl groups is 1. The molecule has 11 heavy (non-hydrogen) atoms. The van der Waals surface area contributed by atoms with Gasteiger partial charge >= 0.3 is 0 Å². The standard InChI is InChI=1S/C2H4O2.CH4O.CH2O.3CH4/c1-4-2-3;2*1-2;;;/h2H,1H3;2H,1H3;1H2;3*1H4. The second kappa shape index (κ2) is 493. The van der Waals surface area contributed by atoms with Gasteiger partial charge in [0.1, 0.15) is 6.79 Å². The number of carbonyl (C=O) groups is 2. The number of carbonyl (C=O) groups excluding carboxylic acids is 2. The van der Waals surface area contributed by atoms with E-state index >= 15 is 0 Å². The maximum absolute atomic E-state index is 8.95. The molecule has 74 valence electrons. The van der Waals surface area contributed by atoms with Gasteiger partial charge in [0.05, 0.1) is 7.11 Å². The summed E-state index contributed by atoms with van der Waals surface area (Å²) in [6, 6.07) is 0. The first-order valence-electron chi connectivity index (χ1n) is 1.62. The van der Waals surface area contributed by atoms with Crippen LogP contribution in [0.1, 0.15) is 22.3 Å². The van der Waals surface area contributed by atoms with Gasteiger partial charge in [0.25, 0.3) is 6.47 Å². The summed E-state index contributed by atoms with van der Waals surface area (Å²) in [5.41, 5.74) is 0. The summed E-state index contributed by atoms with van der Waals surface area (Å²) in [4.78, 5) is 17.0. The van der Waals surface area contributed by atoms with Crippen molar-refractivity contribution in [3.8, 4) is 0 Å². The van der Waals surface area contributed by atoms with Crippen LogP contribution >= 0.6 is 0 Å². The van der Waals surface area contributed by atoms with E-state index in [1.807, 2.05) is 6.79 Å². The summed E-state index contributed by atoms with van der Waals surface area (Å²) in [5.74, 6) is 0. The lowest BCUT2D eigenvalue weighted by Crippen LogP contribution is -1.68. The zero-order chi connectivity index (χ0) is 7.41. The first kappa shape index (κ1) is 49.8. The average Bonchev–Trinajstić information content (AvgIpc) is 1.96. The fourth-order valence-electron chi connectivity index (χ4n) is 0. The molecule has 4 nitrogen and oxygen atoms in total.